The second-order valence-corrected chi connectivity index (χ2v) is 6.34. The molecule has 2 aromatic rings. The van der Waals surface area contributed by atoms with Gasteiger partial charge in [-0.05, 0) is 26.3 Å². The molecule has 0 atom stereocenters. The van der Waals surface area contributed by atoms with Gasteiger partial charge in [-0.3, -0.25) is 0 Å². The zero-order valence-corrected chi connectivity index (χ0v) is 12.7. The molecule has 1 aliphatic rings. The van der Waals surface area contributed by atoms with E-state index in [9.17, 15) is 0 Å². The highest BCUT2D eigenvalue weighted by Gasteiger charge is 2.22. The number of aromatic nitrogens is 4. The maximum Gasteiger partial charge on any atom is 0.183 e. The number of nitrogens with two attached hydrogens (primary N) is 1. The zero-order valence-electron chi connectivity index (χ0n) is 11.9. The number of hydrogen-bond acceptors (Lipinski definition) is 5. The Kier molecular flexibility index (Phi) is 4.12. The van der Waals surface area contributed by atoms with Gasteiger partial charge >= 0.3 is 0 Å². The Morgan fingerprint density at radius 1 is 1.30 bits per heavy atom. The van der Waals surface area contributed by atoms with Crippen LogP contribution < -0.4 is 5.73 Å². The minimum absolute atomic E-state index is 0.536. The van der Waals surface area contributed by atoms with Crippen LogP contribution in [0.5, 0.6) is 0 Å². The van der Waals surface area contributed by atoms with Gasteiger partial charge in [0.2, 0.25) is 0 Å². The van der Waals surface area contributed by atoms with Crippen molar-refractivity contribution < 1.29 is 0 Å². The largest absolute Gasteiger partial charge is 0.330 e. The Labute approximate surface area is 123 Å². The molecule has 0 aliphatic heterocycles. The number of aryl methyl sites for hydroxylation is 1. The Bertz CT molecular complexity index is 568. The van der Waals surface area contributed by atoms with Gasteiger partial charge in [0.15, 0.2) is 5.82 Å². The molecule has 0 aromatic carbocycles. The summed E-state index contributed by atoms with van der Waals surface area (Å²) in [5, 5.41) is 11.8. The fourth-order valence-electron chi connectivity index (χ4n) is 2.97. The summed E-state index contributed by atoms with van der Waals surface area (Å²) in [6, 6.07) is 0.536. The molecular weight excluding hydrogens is 270 g/mol. The number of hydrogen-bond donors (Lipinski definition) is 1. The Balaban J connectivity index is 1.92. The lowest BCUT2D eigenvalue weighted by atomic mass is 9.95. The SMILES string of the molecule is Cc1nnc(-c2csc(CCN)n2)n1C1CCCCC1. The molecule has 0 bridgehead atoms. The third-order valence-corrected chi connectivity index (χ3v) is 4.85. The van der Waals surface area contributed by atoms with Gasteiger partial charge in [0.25, 0.3) is 0 Å². The van der Waals surface area contributed by atoms with Gasteiger partial charge in [-0.2, -0.15) is 0 Å². The molecule has 0 unspecified atom stereocenters. The molecule has 6 heteroatoms. The number of thiazole rings is 1. The first-order valence-corrected chi connectivity index (χ1v) is 8.24. The predicted molar refractivity (Wildman–Crippen MR) is 80.7 cm³/mol. The van der Waals surface area contributed by atoms with Gasteiger partial charge < -0.3 is 10.3 Å². The van der Waals surface area contributed by atoms with E-state index in [-0.39, 0.29) is 0 Å². The van der Waals surface area contributed by atoms with Gasteiger partial charge in [0, 0.05) is 17.8 Å². The highest BCUT2D eigenvalue weighted by atomic mass is 32.1. The maximum absolute atomic E-state index is 5.59. The minimum Gasteiger partial charge on any atom is -0.330 e. The molecular formula is C14H21N5S. The zero-order chi connectivity index (χ0) is 13.9. The Morgan fingerprint density at radius 2 is 2.10 bits per heavy atom. The van der Waals surface area contributed by atoms with E-state index in [0.717, 1.165) is 28.8 Å². The molecule has 1 fully saturated rings. The number of rotatable bonds is 4. The smallest absolute Gasteiger partial charge is 0.183 e. The van der Waals surface area contributed by atoms with Crippen molar-refractivity contribution in [3.63, 3.8) is 0 Å². The molecule has 108 valence electrons. The van der Waals surface area contributed by atoms with Crippen LogP contribution in [0.3, 0.4) is 0 Å². The number of nitrogens with zero attached hydrogens (tertiary/aromatic N) is 4. The molecule has 0 radical (unpaired) electrons. The molecule has 2 heterocycles. The van der Waals surface area contributed by atoms with Crippen molar-refractivity contribution in [1.29, 1.82) is 0 Å². The van der Waals surface area contributed by atoms with E-state index in [1.807, 2.05) is 6.92 Å². The summed E-state index contributed by atoms with van der Waals surface area (Å²) in [7, 11) is 0. The lowest BCUT2D eigenvalue weighted by molar-refractivity contribution is 0.350. The van der Waals surface area contributed by atoms with Crippen molar-refractivity contribution in [1.82, 2.24) is 19.7 Å². The first-order valence-electron chi connectivity index (χ1n) is 7.36. The van der Waals surface area contributed by atoms with Crippen LogP contribution in [0.25, 0.3) is 11.5 Å². The Morgan fingerprint density at radius 3 is 2.85 bits per heavy atom. The van der Waals surface area contributed by atoms with Crippen LogP contribution in [0, 0.1) is 6.92 Å². The highest BCUT2D eigenvalue weighted by molar-refractivity contribution is 7.09. The molecule has 0 amide bonds. The average Bonchev–Trinajstić information content (AvgIpc) is 3.07. The van der Waals surface area contributed by atoms with Crippen molar-refractivity contribution in [2.24, 2.45) is 5.73 Å². The van der Waals surface area contributed by atoms with Crippen molar-refractivity contribution in [3.05, 3.63) is 16.2 Å². The molecule has 0 spiro atoms. The van der Waals surface area contributed by atoms with Crippen molar-refractivity contribution in [3.8, 4) is 11.5 Å². The molecule has 2 aromatic heterocycles. The van der Waals surface area contributed by atoms with Crippen LogP contribution in [0.1, 0.15) is 49.0 Å². The average molecular weight is 291 g/mol. The highest BCUT2D eigenvalue weighted by Crippen LogP contribution is 2.32. The van der Waals surface area contributed by atoms with Crippen molar-refractivity contribution in [2.75, 3.05) is 6.54 Å². The van der Waals surface area contributed by atoms with E-state index in [1.165, 1.54) is 32.1 Å². The van der Waals surface area contributed by atoms with E-state index in [2.05, 4.69) is 25.1 Å². The Hall–Kier alpha value is -1.27. The summed E-state index contributed by atoms with van der Waals surface area (Å²) in [5.41, 5.74) is 6.54. The first kappa shape index (κ1) is 13.7. The summed E-state index contributed by atoms with van der Waals surface area (Å²) in [6.45, 7) is 2.68. The van der Waals surface area contributed by atoms with E-state index >= 15 is 0 Å². The molecule has 2 N–H and O–H groups in total. The van der Waals surface area contributed by atoms with Crippen LogP contribution in [-0.4, -0.2) is 26.3 Å². The molecule has 0 saturated heterocycles. The van der Waals surface area contributed by atoms with Gasteiger partial charge in [-0.25, -0.2) is 4.98 Å². The van der Waals surface area contributed by atoms with Gasteiger partial charge in [-0.15, -0.1) is 21.5 Å². The van der Waals surface area contributed by atoms with E-state index in [0.29, 0.717) is 12.6 Å². The quantitative estimate of drug-likeness (QED) is 0.940. The lowest BCUT2D eigenvalue weighted by Gasteiger charge is -2.24. The second-order valence-electron chi connectivity index (χ2n) is 5.40. The van der Waals surface area contributed by atoms with E-state index in [1.54, 1.807) is 11.3 Å². The summed E-state index contributed by atoms with van der Waals surface area (Å²) < 4.78 is 2.29. The van der Waals surface area contributed by atoms with Crippen molar-refractivity contribution >= 4 is 11.3 Å². The standard InChI is InChI=1S/C14H21N5S/c1-10-17-18-14(12-9-20-13(16-12)7-8-15)19(10)11-5-3-2-4-6-11/h9,11H,2-8,15H2,1H3. The fourth-order valence-corrected chi connectivity index (χ4v) is 3.76. The normalized spacial score (nSPS) is 16.7. The van der Waals surface area contributed by atoms with Crippen LogP contribution in [-0.2, 0) is 6.42 Å². The van der Waals surface area contributed by atoms with Crippen LogP contribution in [0.15, 0.2) is 5.38 Å². The fraction of sp³-hybridized carbons (Fsp3) is 0.643. The van der Waals surface area contributed by atoms with Crippen molar-refractivity contribution in [2.45, 2.75) is 51.5 Å². The van der Waals surface area contributed by atoms with Crippen LogP contribution >= 0.6 is 11.3 Å². The molecule has 5 nitrogen and oxygen atoms in total. The van der Waals surface area contributed by atoms with Crippen LogP contribution in [0.4, 0.5) is 0 Å². The lowest BCUT2D eigenvalue weighted by Crippen LogP contribution is -2.15. The monoisotopic (exact) mass is 291 g/mol. The van der Waals surface area contributed by atoms with E-state index in [4.69, 9.17) is 5.73 Å². The summed E-state index contributed by atoms with van der Waals surface area (Å²) in [5.74, 6) is 1.93. The van der Waals surface area contributed by atoms with Gasteiger partial charge in [0.05, 0.1) is 5.01 Å². The summed E-state index contributed by atoms with van der Waals surface area (Å²) in [4.78, 5) is 4.65. The molecule has 20 heavy (non-hydrogen) atoms. The first-order chi connectivity index (χ1) is 9.79. The summed E-state index contributed by atoms with van der Waals surface area (Å²) in [6.07, 6.45) is 7.25. The third-order valence-electron chi connectivity index (χ3n) is 3.95. The minimum atomic E-state index is 0.536. The molecule has 3 rings (SSSR count). The predicted octanol–water partition coefficient (Wildman–Crippen LogP) is 2.72. The van der Waals surface area contributed by atoms with E-state index < -0.39 is 0 Å². The second kappa shape index (κ2) is 6.01. The molecule has 1 saturated carbocycles. The summed E-state index contributed by atoms with van der Waals surface area (Å²) >= 11 is 1.66. The topological polar surface area (TPSA) is 69.6 Å². The van der Waals surface area contributed by atoms with Gasteiger partial charge in [0.1, 0.15) is 11.5 Å². The maximum atomic E-state index is 5.59. The molecule has 1 aliphatic carbocycles. The van der Waals surface area contributed by atoms with Crippen LogP contribution in [0.2, 0.25) is 0 Å². The third kappa shape index (κ3) is 2.62. The van der Waals surface area contributed by atoms with Gasteiger partial charge in [-0.1, -0.05) is 19.3 Å².